The lowest BCUT2D eigenvalue weighted by atomic mass is 9.46. The van der Waals surface area contributed by atoms with Crippen molar-refractivity contribution in [3.8, 4) is 0 Å². The zero-order valence-corrected chi connectivity index (χ0v) is 17.7. The van der Waals surface area contributed by atoms with E-state index in [1.165, 1.54) is 83.5 Å². The van der Waals surface area contributed by atoms with E-state index in [4.69, 9.17) is 5.73 Å². The molecule has 4 aliphatic carbocycles. The van der Waals surface area contributed by atoms with Crippen LogP contribution in [-0.4, -0.2) is 6.04 Å². The Morgan fingerprint density at radius 2 is 1.81 bits per heavy atom. The summed E-state index contributed by atoms with van der Waals surface area (Å²) in [5.74, 6) is 4.00. The van der Waals surface area contributed by atoms with Crippen molar-refractivity contribution in [2.75, 3.05) is 0 Å². The predicted molar refractivity (Wildman–Crippen MR) is 112 cm³/mol. The number of rotatable bonds is 5. The molecule has 4 rings (SSSR count). The van der Waals surface area contributed by atoms with Gasteiger partial charge in [0.1, 0.15) is 0 Å². The number of allylic oxidation sites excluding steroid dienone is 1. The molecule has 2 N–H and O–H groups in total. The van der Waals surface area contributed by atoms with Gasteiger partial charge in [-0.15, -0.1) is 0 Å². The molecule has 4 aliphatic rings. The Labute approximate surface area is 162 Å². The van der Waals surface area contributed by atoms with Crippen molar-refractivity contribution >= 4 is 0 Å². The molecule has 0 aliphatic heterocycles. The summed E-state index contributed by atoms with van der Waals surface area (Å²) >= 11 is 0. The highest BCUT2D eigenvalue weighted by atomic mass is 14.7. The Hall–Kier alpha value is -0.300. The van der Waals surface area contributed by atoms with Crippen LogP contribution < -0.4 is 5.73 Å². The summed E-state index contributed by atoms with van der Waals surface area (Å²) in [6, 6.07) is 0.336. The average molecular weight is 358 g/mol. The van der Waals surface area contributed by atoms with Crippen molar-refractivity contribution in [2.24, 2.45) is 40.2 Å². The minimum atomic E-state index is 0.336. The lowest BCUT2D eigenvalue weighted by Gasteiger charge is -2.58. The van der Waals surface area contributed by atoms with Gasteiger partial charge in [-0.2, -0.15) is 0 Å². The Morgan fingerprint density at radius 1 is 0.962 bits per heavy atom. The molecule has 1 nitrogen and oxygen atoms in total. The standard InChI is InChI=1S/C25H43N/c1-4-5-6-7-8-18-10-12-22-21-11-9-19-17-20(26)13-15-25(19,3)23(21)14-16-24(18,22)2/h17-18,20-23H,4-16,26H2,1-3H3. The summed E-state index contributed by atoms with van der Waals surface area (Å²) in [6.45, 7) is 7.65. The fraction of sp³-hybridized carbons (Fsp3) is 0.920. The number of hydrogen-bond donors (Lipinski definition) is 1. The quantitative estimate of drug-likeness (QED) is 0.422. The van der Waals surface area contributed by atoms with Crippen LogP contribution in [0.3, 0.4) is 0 Å². The number of nitrogens with two attached hydrogens (primary N) is 1. The molecule has 0 aromatic carbocycles. The highest BCUT2D eigenvalue weighted by Gasteiger charge is 2.58. The van der Waals surface area contributed by atoms with Crippen molar-refractivity contribution in [2.45, 2.75) is 110 Å². The van der Waals surface area contributed by atoms with Gasteiger partial charge < -0.3 is 5.73 Å². The van der Waals surface area contributed by atoms with Gasteiger partial charge in [-0.3, -0.25) is 0 Å². The summed E-state index contributed by atoms with van der Waals surface area (Å²) < 4.78 is 0. The predicted octanol–water partition coefficient (Wildman–Crippen LogP) is 6.86. The van der Waals surface area contributed by atoms with Crippen LogP contribution in [0.15, 0.2) is 11.6 Å². The third kappa shape index (κ3) is 3.01. The third-order valence-corrected chi connectivity index (χ3v) is 9.75. The Balaban J connectivity index is 1.48. The molecular weight excluding hydrogens is 314 g/mol. The SMILES string of the molecule is CCCCCCC1CCC2C3CCC4=CC(N)CCC4(C)C3CCC12C. The first-order valence-corrected chi connectivity index (χ1v) is 12.0. The van der Waals surface area contributed by atoms with Crippen LogP contribution in [-0.2, 0) is 0 Å². The average Bonchev–Trinajstić information content (AvgIpc) is 2.96. The van der Waals surface area contributed by atoms with Crippen molar-refractivity contribution < 1.29 is 0 Å². The molecule has 0 heterocycles. The molecule has 7 atom stereocenters. The highest BCUT2D eigenvalue weighted by molar-refractivity contribution is 5.26. The van der Waals surface area contributed by atoms with E-state index in [1.807, 2.05) is 0 Å². The van der Waals surface area contributed by atoms with E-state index in [2.05, 4.69) is 26.8 Å². The first-order chi connectivity index (χ1) is 12.5. The van der Waals surface area contributed by atoms with E-state index in [0.717, 1.165) is 23.7 Å². The molecule has 148 valence electrons. The molecule has 26 heavy (non-hydrogen) atoms. The molecule has 0 amide bonds. The Morgan fingerprint density at radius 3 is 2.62 bits per heavy atom. The van der Waals surface area contributed by atoms with Crippen LogP contribution >= 0.6 is 0 Å². The van der Waals surface area contributed by atoms with Crippen LogP contribution in [0.1, 0.15) is 104 Å². The van der Waals surface area contributed by atoms with Gasteiger partial charge in [0.2, 0.25) is 0 Å². The third-order valence-electron chi connectivity index (χ3n) is 9.75. The lowest BCUT2D eigenvalue weighted by Crippen LogP contribution is -2.51. The van der Waals surface area contributed by atoms with Crippen molar-refractivity contribution in [1.29, 1.82) is 0 Å². The molecule has 0 radical (unpaired) electrons. The molecule has 0 bridgehead atoms. The van der Waals surface area contributed by atoms with Crippen LogP contribution in [0.4, 0.5) is 0 Å². The largest absolute Gasteiger partial charge is 0.324 e. The summed E-state index contributed by atoms with van der Waals surface area (Å²) in [5.41, 5.74) is 9.18. The van der Waals surface area contributed by atoms with E-state index in [1.54, 1.807) is 5.57 Å². The minimum Gasteiger partial charge on any atom is -0.324 e. The molecule has 3 saturated carbocycles. The zero-order chi connectivity index (χ0) is 18.4. The first kappa shape index (κ1) is 19.0. The number of unbranched alkanes of at least 4 members (excludes halogenated alkanes) is 3. The van der Waals surface area contributed by atoms with E-state index < -0.39 is 0 Å². The van der Waals surface area contributed by atoms with Gasteiger partial charge in [0, 0.05) is 6.04 Å². The van der Waals surface area contributed by atoms with Gasteiger partial charge in [0.25, 0.3) is 0 Å². The molecule has 0 spiro atoms. The van der Waals surface area contributed by atoms with Crippen LogP contribution in [0.5, 0.6) is 0 Å². The van der Waals surface area contributed by atoms with Crippen LogP contribution in [0.25, 0.3) is 0 Å². The lowest BCUT2D eigenvalue weighted by molar-refractivity contribution is -0.0528. The second-order valence-corrected chi connectivity index (χ2v) is 10.9. The maximum Gasteiger partial charge on any atom is 0.0226 e. The van der Waals surface area contributed by atoms with Gasteiger partial charge in [-0.1, -0.05) is 58.1 Å². The van der Waals surface area contributed by atoms with Gasteiger partial charge in [0.15, 0.2) is 0 Å². The van der Waals surface area contributed by atoms with E-state index in [0.29, 0.717) is 16.9 Å². The molecule has 7 unspecified atom stereocenters. The Bertz CT molecular complexity index is 536. The summed E-state index contributed by atoms with van der Waals surface area (Å²) in [7, 11) is 0. The van der Waals surface area contributed by atoms with Gasteiger partial charge in [0.05, 0.1) is 0 Å². The normalized spacial score (nSPS) is 47.7. The van der Waals surface area contributed by atoms with Gasteiger partial charge in [-0.05, 0) is 92.3 Å². The second kappa shape index (κ2) is 7.26. The highest BCUT2D eigenvalue weighted by Crippen LogP contribution is 2.67. The van der Waals surface area contributed by atoms with Crippen LogP contribution in [0, 0.1) is 34.5 Å². The maximum atomic E-state index is 6.28. The molecule has 0 saturated heterocycles. The summed E-state index contributed by atoms with van der Waals surface area (Å²) in [6.07, 6.45) is 21.2. The smallest absolute Gasteiger partial charge is 0.0226 e. The van der Waals surface area contributed by atoms with Crippen molar-refractivity contribution in [1.82, 2.24) is 0 Å². The second-order valence-electron chi connectivity index (χ2n) is 10.9. The number of hydrogen-bond acceptors (Lipinski definition) is 1. The first-order valence-electron chi connectivity index (χ1n) is 12.0. The molecule has 3 fully saturated rings. The topological polar surface area (TPSA) is 26.0 Å². The fourth-order valence-corrected chi connectivity index (χ4v) is 8.16. The Kier molecular flexibility index (Phi) is 5.32. The van der Waals surface area contributed by atoms with E-state index in [9.17, 15) is 0 Å². The van der Waals surface area contributed by atoms with E-state index >= 15 is 0 Å². The van der Waals surface area contributed by atoms with E-state index in [-0.39, 0.29) is 0 Å². The fourth-order valence-electron chi connectivity index (χ4n) is 8.16. The molecule has 1 heteroatoms. The molecule has 0 aromatic rings. The summed E-state index contributed by atoms with van der Waals surface area (Å²) in [5, 5.41) is 0. The zero-order valence-electron chi connectivity index (χ0n) is 17.7. The maximum absolute atomic E-state index is 6.28. The summed E-state index contributed by atoms with van der Waals surface area (Å²) in [4.78, 5) is 0. The van der Waals surface area contributed by atoms with Gasteiger partial charge in [-0.25, -0.2) is 0 Å². The number of fused-ring (bicyclic) bond motifs is 5. The molecular formula is C25H43N. The monoisotopic (exact) mass is 357 g/mol. The van der Waals surface area contributed by atoms with Crippen molar-refractivity contribution in [3.63, 3.8) is 0 Å². The van der Waals surface area contributed by atoms with Gasteiger partial charge >= 0.3 is 0 Å². The van der Waals surface area contributed by atoms with Crippen molar-refractivity contribution in [3.05, 3.63) is 11.6 Å². The van der Waals surface area contributed by atoms with Crippen LogP contribution in [0.2, 0.25) is 0 Å². The molecule has 0 aromatic heterocycles. The minimum absolute atomic E-state index is 0.336.